The van der Waals surface area contributed by atoms with Gasteiger partial charge < -0.3 is 10.2 Å². The monoisotopic (exact) mass is 401 g/mol. The molecule has 2 aromatic carbocycles. The van der Waals surface area contributed by atoms with Crippen molar-refractivity contribution in [1.82, 2.24) is 4.90 Å². The van der Waals surface area contributed by atoms with Gasteiger partial charge in [0.25, 0.3) is 0 Å². The lowest BCUT2D eigenvalue weighted by atomic mass is 10.2. The van der Waals surface area contributed by atoms with Gasteiger partial charge in [0.05, 0.1) is 12.2 Å². The first kappa shape index (κ1) is 19.8. The maximum absolute atomic E-state index is 12.5. The summed E-state index contributed by atoms with van der Waals surface area (Å²) < 4.78 is 0. The van der Waals surface area contributed by atoms with Crippen LogP contribution in [0.25, 0.3) is 0 Å². The zero-order chi connectivity index (χ0) is 19.1. The van der Waals surface area contributed by atoms with E-state index in [0.29, 0.717) is 6.54 Å². The number of benzene rings is 2. The number of piperazine rings is 1. The van der Waals surface area contributed by atoms with Crippen molar-refractivity contribution in [2.75, 3.05) is 48.7 Å². The van der Waals surface area contributed by atoms with Gasteiger partial charge in [0.2, 0.25) is 5.91 Å². The molecule has 0 unspecified atom stereocenters. The van der Waals surface area contributed by atoms with E-state index in [0.717, 1.165) is 53.2 Å². The van der Waals surface area contributed by atoms with E-state index in [2.05, 4.69) is 27.8 Å². The van der Waals surface area contributed by atoms with Gasteiger partial charge in [0.1, 0.15) is 0 Å². The van der Waals surface area contributed by atoms with Gasteiger partial charge in [-0.2, -0.15) is 0 Å². The summed E-state index contributed by atoms with van der Waals surface area (Å²) in [4.78, 5) is 18.1. The largest absolute Gasteiger partial charge is 0.369 e. The van der Waals surface area contributed by atoms with E-state index in [1.54, 1.807) is 11.8 Å². The van der Waals surface area contributed by atoms with Crippen LogP contribution < -0.4 is 10.2 Å². The molecule has 1 aliphatic rings. The number of para-hydroxylation sites is 1. The summed E-state index contributed by atoms with van der Waals surface area (Å²) in [7, 11) is 0. The second-order valence-electron chi connectivity index (χ2n) is 6.39. The maximum Gasteiger partial charge on any atom is 0.238 e. The highest BCUT2D eigenvalue weighted by Crippen LogP contribution is 2.27. The zero-order valence-corrected chi connectivity index (χ0v) is 16.8. The predicted octanol–water partition coefficient (Wildman–Crippen LogP) is 4.38. The average Bonchev–Trinajstić information content (AvgIpc) is 2.68. The summed E-state index contributed by atoms with van der Waals surface area (Å²) in [6, 6.07) is 15.8. The highest BCUT2D eigenvalue weighted by atomic mass is 35.5. The van der Waals surface area contributed by atoms with Gasteiger partial charge in [-0.25, -0.2) is 0 Å². The van der Waals surface area contributed by atoms with Crippen LogP contribution in [-0.2, 0) is 4.79 Å². The summed E-state index contributed by atoms with van der Waals surface area (Å²) in [6.07, 6.45) is 1.86. The van der Waals surface area contributed by atoms with Crippen LogP contribution in [0.5, 0.6) is 0 Å². The average molecular weight is 402 g/mol. The molecule has 0 atom stereocenters. The Kier molecular flexibility index (Phi) is 7.21. The van der Waals surface area contributed by atoms with E-state index in [1.165, 1.54) is 0 Å². The van der Waals surface area contributed by atoms with Crippen LogP contribution in [0.2, 0.25) is 5.02 Å². The normalized spacial score (nSPS) is 14.8. The molecule has 1 N–H and O–H groups in total. The third kappa shape index (κ3) is 5.76. The van der Waals surface area contributed by atoms with Crippen molar-refractivity contribution in [1.29, 1.82) is 0 Å². The number of nitrogens with zero attached hydrogens (tertiary/aromatic N) is 2. The van der Waals surface area contributed by atoms with E-state index in [9.17, 15) is 4.79 Å². The number of hydrogen-bond acceptors (Lipinski definition) is 4. The molecule has 27 heavy (non-hydrogen) atoms. The summed E-state index contributed by atoms with van der Waals surface area (Å²) in [5.41, 5.74) is 2.01. The molecule has 0 spiro atoms. The number of hydrogen-bond donors (Lipinski definition) is 1. The van der Waals surface area contributed by atoms with Gasteiger partial charge in [0.15, 0.2) is 0 Å². The van der Waals surface area contributed by atoms with Crippen molar-refractivity contribution >= 4 is 40.6 Å². The first-order chi connectivity index (χ1) is 13.2. The number of nitrogens with one attached hydrogen (secondary N) is 1. The van der Waals surface area contributed by atoms with Crippen molar-refractivity contribution < 1.29 is 4.79 Å². The van der Waals surface area contributed by atoms with Crippen molar-refractivity contribution in [3.63, 3.8) is 0 Å². The Balaban J connectivity index is 1.51. The second-order valence-corrected chi connectivity index (χ2v) is 7.89. The summed E-state index contributed by atoms with van der Waals surface area (Å²) >= 11 is 7.76. The number of halogens is 1. The fraction of sp³-hybridized carbons (Fsp3) is 0.286. The fourth-order valence-electron chi connectivity index (χ4n) is 3.07. The highest BCUT2D eigenvalue weighted by molar-refractivity contribution is 7.99. The Morgan fingerprint density at radius 2 is 1.93 bits per heavy atom. The minimum atomic E-state index is 0.0258. The smallest absolute Gasteiger partial charge is 0.238 e. The molecule has 1 aliphatic heterocycles. The van der Waals surface area contributed by atoms with Gasteiger partial charge in [-0.05, 0) is 30.3 Å². The van der Waals surface area contributed by atoms with Gasteiger partial charge in [-0.15, -0.1) is 18.3 Å². The van der Waals surface area contributed by atoms with Crippen molar-refractivity contribution in [3.05, 3.63) is 66.2 Å². The molecular weight excluding hydrogens is 378 g/mol. The molecule has 0 aliphatic carbocycles. The van der Waals surface area contributed by atoms with Crippen LogP contribution in [0.3, 0.4) is 0 Å². The summed E-state index contributed by atoms with van der Waals surface area (Å²) in [5.74, 6) is 0.844. The van der Waals surface area contributed by atoms with Crippen molar-refractivity contribution in [3.8, 4) is 0 Å². The van der Waals surface area contributed by atoms with Gasteiger partial charge in [-0.1, -0.05) is 35.9 Å². The van der Waals surface area contributed by atoms with Crippen LogP contribution in [0.15, 0.2) is 66.1 Å². The summed E-state index contributed by atoms with van der Waals surface area (Å²) in [6.45, 7) is 7.64. The summed E-state index contributed by atoms with van der Waals surface area (Å²) in [5, 5.41) is 3.80. The molecule has 2 aromatic rings. The van der Waals surface area contributed by atoms with Gasteiger partial charge in [-0.3, -0.25) is 9.69 Å². The number of thioether (sulfide) groups is 1. The van der Waals surface area contributed by atoms with Crippen LogP contribution in [-0.4, -0.2) is 49.3 Å². The standard InChI is InChI=1S/C21H24ClN3OS/c1-2-14-27-20-9-4-3-8-19(20)23-21(26)16-24-10-12-25(13-11-24)18-7-5-6-17(22)15-18/h2-9,15H,1,10-14,16H2,(H,23,26). The number of carbonyl (C=O) groups excluding carboxylic acids is 1. The predicted molar refractivity (Wildman–Crippen MR) is 116 cm³/mol. The molecular formula is C21H24ClN3OS. The second kappa shape index (κ2) is 9.83. The lowest BCUT2D eigenvalue weighted by Crippen LogP contribution is -2.48. The Morgan fingerprint density at radius 3 is 2.67 bits per heavy atom. The minimum Gasteiger partial charge on any atom is -0.369 e. The number of amides is 1. The van der Waals surface area contributed by atoms with Crippen LogP contribution in [0.1, 0.15) is 0 Å². The molecule has 1 saturated heterocycles. The maximum atomic E-state index is 12.5. The van der Waals surface area contributed by atoms with E-state index < -0.39 is 0 Å². The molecule has 3 rings (SSSR count). The van der Waals surface area contributed by atoms with E-state index >= 15 is 0 Å². The molecule has 0 bridgehead atoms. The SMILES string of the molecule is C=CCSc1ccccc1NC(=O)CN1CCN(c2cccc(Cl)c2)CC1. The first-order valence-electron chi connectivity index (χ1n) is 9.01. The van der Waals surface area contributed by atoms with Gasteiger partial charge in [0, 0.05) is 47.5 Å². The molecule has 142 valence electrons. The Hall–Kier alpha value is -1.95. The van der Waals surface area contributed by atoms with Crippen LogP contribution >= 0.6 is 23.4 Å². The third-order valence-corrected chi connectivity index (χ3v) is 5.74. The molecule has 0 radical (unpaired) electrons. The van der Waals surface area contributed by atoms with Crippen molar-refractivity contribution in [2.45, 2.75) is 4.90 Å². The molecule has 1 fully saturated rings. The first-order valence-corrected chi connectivity index (χ1v) is 10.4. The molecule has 6 heteroatoms. The lowest BCUT2D eigenvalue weighted by Gasteiger charge is -2.35. The molecule has 1 amide bonds. The number of anilines is 2. The Morgan fingerprint density at radius 1 is 1.15 bits per heavy atom. The number of rotatable bonds is 7. The molecule has 4 nitrogen and oxygen atoms in total. The van der Waals surface area contributed by atoms with Crippen LogP contribution in [0, 0.1) is 0 Å². The van der Waals surface area contributed by atoms with E-state index in [-0.39, 0.29) is 5.91 Å². The Labute approximate surface area is 170 Å². The number of carbonyl (C=O) groups is 1. The topological polar surface area (TPSA) is 35.6 Å². The van der Waals surface area contributed by atoms with E-state index in [4.69, 9.17) is 11.6 Å². The Bertz CT molecular complexity index is 791. The minimum absolute atomic E-state index is 0.0258. The third-order valence-electron chi connectivity index (χ3n) is 4.43. The van der Waals surface area contributed by atoms with Gasteiger partial charge >= 0.3 is 0 Å². The molecule has 0 aromatic heterocycles. The van der Waals surface area contributed by atoms with E-state index in [1.807, 2.05) is 48.5 Å². The van der Waals surface area contributed by atoms with Crippen molar-refractivity contribution in [2.24, 2.45) is 0 Å². The lowest BCUT2D eigenvalue weighted by molar-refractivity contribution is -0.117. The highest BCUT2D eigenvalue weighted by Gasteiger charge is 2.19. The molecule has 1 heterocycles. The zero-order valence-electron chi connectivity index (χ0n) is 15.2. The van der Waals surface area contributed by atoms with Crippen LogP contribution in [0.4, 0.5) is 11.4 Å². The quantitative estimate of drug-likeness (QED) is 0.551. The molecule has 0 saturated carbocycles. The fourth-order valence-corrected chi connectivity index (χ4v) is 4.01.